The molecule has 0 fully saturated rings. The Labute approximate surface area is 139 Å². The number of aromatic hydroxyl groups is 1. The second-order valence-corrected chi connectivity index (χ2v) is 5.30. The van der Waals surface area contributed by atoms with E-state index < -0.39 is 0 Å². The van der Waals surface area contributed by atoms with Crippen LogP contribution in [0.1, 0.15) is 18.1 Å². The second kappa shape index (κ2) is 7.22. The maximum Gasteiger partial charge on any atom is 0.161 e. The molecule has 0 atom stereocenters. The first-order valence-electron chi connectivity index (χ1n) is 6.58. The van der Waals surface area contributed by atoms with Crippen molar-refractivity contribution in [3.05, 3.63) is 57.6 Å². The van der Waals surface area contributed by atoms with E-state index >= 15 is 0 Å². The normalized spacial score (nSPS) is 11.1. The molecule has 3 nitrogen and oxygen atoms in total. The molecular weight excluding hydrogens is 321 g/mol. The maximum atomic E-state index is 9.70. The summed E-state index contributed by atoms with van der Waals surface area (Å²) in [6.45, 7) is 2.27. The lowest BCUT2D eigenvalue weighted by Crippen LogP contribution is -1.92. The number of allylic oxidation sites excluding steroid dienone is 1. The van der Waals surface area contributed by atoms with Gasteiger partial charge in [0.1, 0.15) is 0 Å². The second-order valence-electron chi connectivity index (χ2n) is 4.45. The van der Waals surface area contributed by atoms with Gasteiger partial charge in [-0.05, 0) is 42.8 Å². The van der Waals surface area contributed by atoms with E-state index in [1.54, 1.807) is 36.4 Å². The summed E-state index contributed by atoms with van der Waals surface area (Å²) in [7, 11) is 0. The molecule has 22 heavy (non-hydrogen) atoms. The van der Waals surface area contributed by atoms with Gasteiger partial charge in [0.15, 0.2) is 11.5 Å². The molecule has 0 saturated carbocycles. The summed E-state index contributed by atoms with van der Waals surface area (Å²) in [6, 6.07) is 12.0. The molecule has 0 aromatic heterocycles. The zero-order valence-corrected chi connectivity index (χ0v) is 13.3. The zero-order chi connectivity index (χ0) is 16.1. The molecule has 0 saturated heterocycles. The highest BCUT2D eigenvalue weighted by Crippen LogP contribution is 2.31. The Hall–Kier alpha value is -2.15. The lowest BCUT2D eigenvalue weighted by Gasteiger charge is -2.07. The third-order valence-electron chi connectivity index (χ3n) is 2.94. The predicted octanol–water partition coefficient (Wildman–Crippen LogP) is 5.16. The Kier molecular flexibility index (Phi) is 5.32. The fourth-order valence-corrected chi connectivity index (χ4v) is 2.45. The summed E-state index contributed by atoms with van der Waals surface area (Å²) in [6.07, 6.45) is 1.68. The summed E-state index contributed by atoms with van der Waals surface area (Å²) < 4.78 is 5.33. The van der Waals surface area contributed by atoms with Crippen LogP contribution in [0.4, 0.5) is 0 Å². The van der Waals surface area contributed by atoms with Crippen molar-refractivity contribution in [3.63, 3.8) is 0 Å². The van der Waals surface area contributed by atoms with E-state index in [0.717, 1.165) is 5.56 Å². The van der Waals surface area contributed by atoms with E-state index in [0.29, 0.717) is 33.5 Å². The predicted molar refractivity (Wildman–Crippen MR) is 89.2 cm³/mol. The summed E-state index contributed by atoms with van der Waals surface area (Å²) >= 11 is 12.0. The van der Waals surface area contributed by atoms with E-state index in [-0.39, 0.29) is 5.75 Å². The van der Waals surface area contributed by atoms with Crippen molar-refractivity contribution in [1.82, 2.24) is 0 Å². The van der Waals surface area contributed by atoms with Crippen molar-refractivity contribution >= 4 is 34.9 Å². The third-order valence-corrected chi connectivity index (χ3v) is 3.48. The lowest BCUT2D eigenvalue weighted by molar-refractivity contribution is 0.318. The number of hydrogen-bond acceptors (Lipinski definition) is 3. The van der Waals surface area contributed by atoms with Crippen LogP contribution < -0.4 is 4.74 Å². The monoisotopic (exact) mass is 333 g/mol. The largest absolute Gasteiger partial charge is 0.504 e. The maximum absolute atomic E-state index is 9.70. The minimum absolute atomic E-state index is 0.0574. The fraction of sp³-hybridized carbons (Fsp3) is 0.118. The van der Waals surface area contributed by atoms with Gasteiger partial charge in [-0.2, -0.15) is 5.26 Å². The quantitative estimate of drug-likeness (QED) is 0.620. The van der Waals surface area contributed by atoms with Crippen molar-refractivity contribution in [2.45, 2.75) is 6.92 Å². The molecule has 2 aromatic carbocycles. The molecule has 0 aliphatic carbocycles. The SMILES string of the molecule is CCOc1cc(/C=C(\C#N)c2ccc(Cl)cc2Cl)ccc1O. The Bertz CT molecular complexity index is 764. The van der Waals surface area contributed by atoms with Gasteiger partial charge >= 0.3 is 0 Å². The third kappa shape index (κ3) is 3.73. The van der Waals surface area contributed by atoms with Gasteiger partial charge in [0.05, 0.1) is 23.3 Å². The van der Waals surface area contributed by atoms with Gasteiger partial charge in [0.2, 0.25) is 0 Å². The van der Waals surface area contributed by atoms with Crippen LogP contribution in [-0.2, 0) is 0 Å². The molecule has 0 aliphatic rings. The lowest BCUT2D eigenvalue weighted by atomic mass is 10.0. The molecule has 0 aliphatic heterocycles. The number of ether oxygens (including phenoxy) is 1. The highest BCUT2D eigenvalue weighted by atomic mass is 35.5. The Balaban J connectivity index is 2.45. The van der Waals surface area contributed by atoms with Gasteiger partial charge in [-0.1, -0.05) is 35.3 Å². The highest BCUT2D eigenvalue weighted by molar-refractivity contribution is 6.36. The van der Waals surface area contributed by atoms with Gasteiger partial charge in [-0.3, -0.25) is 0 Å². The first-order chi connectivity index (χ1) is 10.5. The minimum Gasteiger partial charge on any atom is -0.504 e. The Morgan fingerprint density at radius 3 is 2.68 bits per heavy atom. The number of nitriles is 1. The molecule has 1 N–H and O–H groups in total. The van der Waals surface area contributed by atoms with Crippen molar-refractivity contribution in [2.24, 2.45) is 0 Å². The highest BCUT2D eigenvalue weighted by Gasteiger charge is 2.08. The van der Waals surface area contributed by atoms with Crippen LogP contribution in [0.25, 0.3) is 11.6 Å². The summed E-state index contributed by atoms with van der Waals surface area (Å²) in [4.78, 5) is 0. The van der Waals surface area contributed by atoms with Crippen molar-refractivity contribution in [1.29, 1.82) is 5.26 Å². The number of nitrogens with zero attached hydrogens (tertiary/aromatic N) is 1. The summed E-state index contributed by atoms with van der Waals surface area (Å²) in [5.74, 6) is 0.428. The van der Waals surface area contributed by atoms with Crippen LogP contribution in [-0.4, -0.2) is 11.7 Å². The first kappa shape index (κ1) is 16.2. The van der Waals surface area contributed by atoms with Crippen LogP contribution in [0.2, 0.25) is 10.0 Å². The summed E-state index contributed by atoms with van der Waals surface area (Å²) in [5.41, 5.74) is 1.72. The number of halogens is 2. The fourth-order valence-electron chi connectivity index (χ4n) is 1.94. The molecular formula is C17H13Cl2NO2. The van der Waals surface area contributed by atoms with Gasteiger partial charge in [0.25, 0.3) is 0 Å². The van der Waals surface area contributed by atoms with Gasteiger partial charge in [0, 0.05) is 10.6 Å². The molecule has 0 spiro atoms. The number of hydrogen-bond donors (Lipinski definition) is 1. The van der Waals surface area contributed by atoms with Crippen LogP contribution in [0, 0.1) is 11.3 Å². The average molecular weight is 334 g/mol. The number of benzene rings is 2. The smallest absolute Gasteiger partial charge is 0.161 e. The average Bonchev–Trinajstić information content (AvgIpc) is 2.49. The molecule has 0 radical (unpaired) electrons. The van der Waals surface area contributed by atoms with Crippen LogP contribution >= 0.6 is 23.2 Å². The number of rotatable bonds is 4. The topological polar surface area (TPSA) is 53.2 Å². The van der Waals surface area contributed by atoms with Crippen LogP contribution in [0.3, 0.4) is 0 Å². The molecule has 2 aromatic rings. The zero-order valence-electron chi connectivity index (χ0n) is 11.8. The number of phenolic OH excluding ortho intramolecular Hbond substituents is 1. The van der Waals surface area contributed by atoms with Crippen molar-refractivity contribution < 1.29 is 9.84 Å². The van der Waals surface area contributed by atoms with Crippen molar-refractivity contribution in [2.75, 3.05) is 6.61 Å². The molecule has 112 valence electrons. The Morgan fingerprint density at radius 2 is 2.05 bits per heavy atom. The molecule has 2 rings (SSSR count). The number of phenols is 1. The van der Waals surface area contributed by atoms with E-state index in [2.05, 4.69) is 6.07 Å². The van der Waals surface area contributed by atoms with Gasteiger partial charge in [-0.15, -0.1) is 0 Å². The van der Waals surface area contributed by atoms with E-state index in [9.17, 15) is 10.4 Å². The Morgan fingerprint density at radius 1 is 1.27 bits per heavy atom. The summed E-state index contributed by atoms with van der Waals surface area (Å²) in [5, 5.41) is 20.0. The molecule has 0 bridgehead atoms. The molecule has 0 heterocycles. The molecule has 0 unspecified atom stereocenters. The molecule has 5 heteroatoms. The van der Waals surface area contributed by atoms with Crippen LogP contribution in [0.15, 0.2) is 36.4 Å². The standard InChI is InChI=1S/C17H13Cl2NO2/c1-2-22-17-8-11(3-6-16(17)21)7-12(10-20)14-5-4-13(18)9-15(14)19/h3-9,21H,2H2,1H3/b12-7+. The van der Waals surface area contributed by atoms with E-state index in [1.165, 1.54) is 6.07 Å². The van der Waals surface area contributed by atoms with Crippen molar-refractivity contribution in [3.8, 4) is 17.6 Å². The van der Waals surface area contributed by atoms with Gasteiger partial charge < -0.3 is 9.84 Å². The van der Waals surface area contributed by atoms with Gasteiger partial charge in [-0.25, -0.2) is 0 Å². The first-order valence-corrected chi connectivity index (χ1v) is 7.33. The van der Waals surface area contributed by atoms with E-state index in [1.807, 2.05) is 6.92 Å². The van der Waals surface area contributed by atoms with Crippen LogP contribution in [0.5, 0.6) is 11.5 Å². The minimum atomic E-state index is 0.0574. The molecule has 0 amide bonds. The van der Waals surface area contributed by atoms with E-state index in [4.69, 9.17) is 27.9 Å².